The van der Waals surface area contributed by atoms with Gasteiger partial charge in [0, 0.05) is 10.5 Å². The van der Waals surface area contributed by atoms with Crippen LogP contribution in [0.15, 0.2) is 46.1 Å². The molecule has 0 radical (unpaired) electrons. The Hall–Kier alpha value is -3.66. The van der Waals surface area contributed by atoms with Gasteiger partial charge in [0.2, 0.25) is 0 Å². The number of amides is 2. The van der Waals surface area contributed by atoms with Crippen LogP contribution in [-0.2, 0) is 4.79 Å². The number of carbonyl (C=O) groups excluding carboxylic acids is 2. The molecule has 180 valence electrons. The fraction of sp³-hybridized carbons (Fsp3) is 0.190. The lowest BCUT2D eigenvalue weighted by atomic mass is 10.1. The summed E-state index contributed by atoms with van der Waals surface area (Å²) in [4.78, 5) is 24.8. The van der Waals surface area contributed by atoms with Crippen LogP contribution in [0.2, 0.25) is 0 Å². The first-order valence-electron chi connectivity index (χ1n) is 9.19. The quantitative estimate of drug-likeness (QED) is 0.188. The van der Waals surface area contributed by atoms with Crippen LogP contribution >= 0.6 is 15.9 Å². The van der Waals surface area contributed by atoms with Gasteiger partial charge in [-0.05, 0) is 48.0 Å². The number of nitrogens with one attached hydrogen (secondary N) is 2. The van der Waals surface area contributed by atoms with E-state index in [9.17, 15) is 36.6 Å². The van der Waals surface area contributed by atoms with Crippen LogP contribution in [-0.4, -0.2) is 29.2 Å². The summed E-state index contributed by atoms with van der Waals surface area (Å²) in [6.45, 7) is 1.64. The Bertz CT molecular complexity index is 1180. The van der Waals surface area contributed by atoms with Crippen molar-refractivity contribution in [3.8, 4) is 11.8 Å². The number of benzene rings is 2. The van der Waals surface area contributed by atoms with Gasteiger partial charge in [0.05, 0.1) is 16.9 Å². The largest absolute Gasteiger partial charge is 0.511 e. The average Bonchev–Trinajstić information content (AvgIpc) is 2.72. The number of halogens is 6. The zero-order valence-corrected chi connectivity index (χ0v) is 18.9. The first kappa shape index (κ1) is 26.6. The number of carbonyl (C=O) groups is 2. The number of rotatable bonds is 6. The second kappa shape index (κ2) is 10.5. The highest BCUT2D eigenvalue weighted by Crippen LogP contribution is 2.33. The number of alkyl halides is 3. The van der Waals surface area contributed by atoms with Crippen LogP contribution in [0.1, 0.15) is 24.2 Å². The number of hydrogen-bond donors (Lipinski definition) is 3. The summed E-state index contributed by atoms with van der Waals surface area (Å²) < 4.78 is 72.8. The monoisotopic (exact) mass is 547 g/mol. The number of ether oxygens (including phenoxy) is 1. The summed E-state index contributed by atoms with van der Waals surface area (Å²) in [5.41, 5.74) is -2.62. The fourth-order valence-corrected chi connectivity index (χ4v) is 2.90. The Labute approximate surface area is 198 Å². The van der Waals surface area contributed by atoms with Gasteiger partial charge in [-0.2, -0.15) is 18.4 Å². The standard InChI is InChI=1S/C21H15BrF5N3O4/c1-9(31)12(8-28)20(33)29-16-7-17(34-10(2)21(25,26)27)11(6-15(16)24)19(32)30-18-13(22)4-3-5-14(18)23/h3-7,10,31H,1-2H3,(H,29,33)(H,30,32)/b12-9-/t10-/m0/s1. The Kier molecular flexibility index (Phi) is 8.22. The molecule has 2 rings (SSSR count). The molecule has 0 fully saturated rings. The lowest BCUT2D eigenvalue weighted by Gasteiger charge is -2.21. The van der Waals surface area contributed by atoms with Crippen LogP contribution < -0.4 is 15.4 Å². The molecule has 1 atom stereocenters. The number of aliphatic hydroxyl groups is 1. The number of anilines is 2. The van der Waals surface area contributed by atoms with E-state index < -0.39 is 64.1 Å². The third-order valence-corrected chi connectivity index (χ3v) is 4.89. The number of allylic oxidation sites excluding steroid dienone is 1. The molecule has 3 N–H and O–H groups in total. The molecule has 0 saturated carbocycles. The third-order valence-electron chi connectivity index (χ3n) is 4.23. The van der Waals surface area contributed by atoms with Crippen molar-refractivity contribution in [1.29, 1.82) is 5.26 Å². The Morgan fingerprint density at radius 2 is 1.82 bits per heavy atom. The van der Waals surface area contributed by atoms with Gasteiger partial charge in [-0.3, -0.25) is 9.59 Å². The van der Waals surface area contributed by atoms with E-state index in [1.54, 1.807) is 0 Å². The molecule has 0 aliphatic carbocycles. The average molecular weight is 548 g/mol. The smallest absolute Gasteiger partial charge is 0.425 e. The van der Waals surface area contributed by atoms with Gasteiger partial charge < -0.3 is 20.5 Å². The highest BCUT2D eigenvalue weighted by Gasteiger charge is 2.39. The topological polar surface area (TPSA) is 111 Å². The number of nitrogens with zero attached hydrogens (tertiary/aromatic N) is 1. The molecule has 0 bridgehead atoms. The van der Waals surface area contributed by atoms with Crippen LogP contribution in [0.3, 0.4) is 0 Å². The van der Waals surface area contributed by atoms with Gasteiger partial charge in [-0.25, -0.2) is 8.78 Å². The summed E-state index contributed by atoms with van der Waals surface area (Å²) in [5, 5.41) is 22.3. The predicted octanol–water partition coefficient (Wildman–Crippen LogP) is 5.60. The Balaban J connectivity index is 2.54. The summed E-state index contributed by atoms with van der Waals surface area (Å²) in [6.07, 6.45) is -7.33. The second-order valence-corrected chi connectivity index (χ2v) is 7.56. The number of aliphatic hydroxyl groups excluding tert-OH is 1. The van der Waals surface area contributed by atoms with E-state index in [0.29, 0.717) is 19.1 Å². The van der Waals surface area contributed by atoms with Crippen molar-refractivity contribution in [1.82, 2.24) is 0 Å². The van der Waals surface area contributed by atoms with Crippen LogP contribution in [0, 0.1) is 23.0 Å². The van der Waals surface area contributed by atoms with Gasteiger partial charge in [-0.15, -0.1) is 0 Å². The van der Waals surface area contributed by atoms with Crippen molar-refractivity contribution in [2.45, 2.75) is 26.1 Å². The second-order valence-electron chi connectivity index (χ2n) is 6.71. The van der Waals surface area contributed by atoms with E-state index in [2.05, 4.69) is 21.2 Å². The molecule has 0 saturated heterocycles. The molecule has 0 aromatic heterocycles. The molecule has 0 unspecified atom stereocenters. The van der Waals surface area contributed by atoms with Gasteiger partial charge in [-0.1, -0.05) is 6.07 Å². The molecular formula is C21H15BrF5N3O4. The molecule has 13 heteroatoms. The minimum Gasteiger partial charge on any atom is -0.511 e. The molecule has 0 aliphatic heterocycles. The van der Waals surface area contributed by atoms with Crippen molar-refractivity contribution >= 4 is 39.1 Å². The van der Waals surface area contributed by atoms with Crippen molar-refractivity contribution in [3.63, 3.8) is 0 Å². The first-order valence-corrected chi connectivity index (χ1v) is 9.99. The maximum Gasteiger partial charge on any atom is 0.425 e. The number of para-hydroxylation sites is 1. The molecular weight excluding hydrogens is 533 g/mol. The van der Waals surface area contributed by atoms with Gasteiger partial charge in [0.15, 0.2) is 11.7 Å². The molecule has 2 aromatic carbocycles. The first-order chi connectivity index (χ1) is 15.8. The number of hydrogen-bond acceptors (Lipinski definition) is 5. The van der Waals surface area contributed by atoms with E-state index in [-0.39, 0.29) is 10.2 Å². The van der Waals surface area contributed by atoms with Crippen LogP contribution in [0.4, 0.5) is 33.3 Å². The van der Waals surface area contributed by atoms with E-state index in [0.717, 1.165) is 13.0 Å². The predicted molar refractivity (Wildman–Crippen MR) is 114 cm³/mol. The van der Waals surface area contributed by atoms with Gasteiger partial charge in [0.1, 0.15) is 29.2 Å². The SMILES string of the molecule is C/C(O)=C(\C#N)C(=O)Nc1cc(O[C@@H](C)C(F)(F)F)c(C(=O)Nc2c(F)cccc2Br)cc1F. The van der Waals surface area contributed by atoms with E-state index in [1.807, 2.05) is 5.32 Å². The minimum absolute atomic E-state index is 0.103. The molecule has 0 spiro atoms. The van der Waals surface area contributed by atoms with Crippen LogP contribution in [0.25, 0.3) is 0 Å². The van der Waals surface area contributed by atoms with Crippen LogP contribution in [0.5, 0.6) is 5.75 Å². The van der Waals surface area contributed by atoms with Crippen molar-refractivity contribution in [2.24, 2.45) is 0 Å². The lowest BCUT2D eigenvalue weighted by molar-refractivity contribution is -0.189. The summed E-state index contributed by atoms with van der Waals surface area (Å²) in [6, 6.07) is 6.17. The molecule has 0 heterocycles. The zero-order valence-electron chi connectivity index (χ0n) is 17.4. The molecule has 0 aliphatic rings. The highest BCUT2D eigenvalue weighted by atomic mass is 79.9. The van der Waals surface area contributed by atoms with E-state index in [4.69, 9.17) is 10.00 Å². The molecule has 7 nitrogen and oxygen atoms in total. The zero-order chi connectivity index (χ0) is 25.8. The maximum absolute atomic E-state index is 14.7. The minimum atomic E-state index is -4.87. The normalized spacial score (nSPS) is 12.8. The summed E-state index contributed by atoms with van der Waals surface area (Å²) in [7, 11) is 0. The van der Waals surface area contributed by atoms with Crippen molar-refractivity contribution in [2.75, 3.05) is 10.6 Å². The summed E-state index contributed by atoms with van der Waals surface area (Å²) >= 11 is 3.01. The lowest BCUT2D eigenvalue weighted by Crippen LogP contribution is -2.32. The Morgan fingerprint density at radius 1 is 1.18 bits per heavy atom. The number of nitriles is 1. The fourth-order valence-electron chi connectivity index (χ4n) is 2.46. The Morgan fingerprint density at radius 3 is 2.35 bits per heavy atom. The molecule has 2 aromatic rings. The maximum atomic E-state index is 14.7. The third kappa shape index (κ3) is 6.22. The van der Waals surface area contributed by atoms with E-state index in [1.165, 1.54) is 18.2 Å². The highest BCUT2D eigenvalue weighted by molar-refractivity contribution is 9.10. The van der Waals surface area contributed by atoms with Crippen molar-refractivity contribution < 1.29 is 41.4 Å². The summed E-state index contributed by atoms with van der Waals surface area (Å²) in [5.74, 6) is -6.12. The van der Waals surface area contributed by atoms with Crippen molar-refractivity contribution in [3.05, 3.63) is 63.3 Å². The molecule has 2 amide bonds. The molecule has 34 heavy (non-hydrogen) atoms. The van der Waals surface area contributed by atoms with Gasteiger partial charge >= 0.3 is 6.18 Å². The van der Waals surface area contributed by atoms with E-state index >= 15 is 0 Å². The van der Waals surface area contributed by atoms with Gasteiger partial charge in [0.25, 0.3) is 11.8 Å².